The number of hydrogen-bond donors (Lipinski definition) is 2. The minimum atomic E-state index is 0.429. The molecule has 1 saturated heterocycles. The van der Waals surface area contributed by atoms with Crippen LogP contribution in [-0.2, 0) is 4.74 Å². The minimum Gasteiger partial charge on any atom is -0.385 e. The maximum absolute atomic E-state index is 5.26. The van der Waals surface area contributed by atoms with Crippen LogP contribution < -0.4 is 10.6 Å². The van der Waals surface area contributed by atoms with Crippen LogP contribution in [0.15, 0.2) is 4.99 Å². The third kappa shape index (κ3) is 5.13. The van der Waals surface area contributed by atoms with Crippen molar-refractivity contribution in [3.8, 4) is 0 Å². The van der Waals surface area contributed by atoms with Crippen LogP contribution in [0.2, 0.25) is 0 Å². The summed E-state index contributed by atoms with van der Waals surface area (Å²) in [5.41, 5.74) is 0.429. The number of nitrogens with zero attached hydrogens (tertiary/aromatic N) is 2. The number of methoxy groups -OCH3 is 1. The van der Waals surface area contributed by atoms with E-state index in [4.69, 9.17) is 4.74 Å². The Labute approximate surface area is 135 Å². The molecular formula is C17H34N4O. The van der Waals surface area contributed by atoms with Crippen molar-refractivity contribution in [2.24, 2.45) is 16.3 Å². The quantitative estimate of drug-likeness (QED) is 0.555. The van der Waals surface area contributed by atoms with Crippen molar-refractivity contribution >= 4 is 5.96 Å². The average Bonchev–Trinajstić information content (AvgIpc) is 2.48. The van der Waals surface area contributed by atoms with E-state index in [1.54, 1.807) is 7.11 Å². The molecule has 2 N–H and O–H groups in total. The monoisotopic (exact) mass is 310 g/mol. The molecule has 1 saturated carbocycles. The van der Waals surface area contributed by atoms with Crippen LogP contribution in [0.25, 0.3) is 0 Å². The summed E-state index contributed by atoms with van der Waals surface area (Å²) in [7, 11) is 5.88. The van der Waals surface area contributed by atoms with Gasteiger partial charge in [-0.2, -0.15) is 0 Å². The van der Waals surface area contributed by atoms with E-state index in [-0.39, 0.29) is 0 Å². The van der Waals surface area contributed by atoms with Gasteiger partial charge in [0, 0.05) is 40.4 Å². The Hall–Kier alpha value is -0.810. The summed E-state index contributed by atoms with van der Waals surface area (Å²) in [6.45, 7) is 5.34. The fraction of sp³-hybridized carbons (Fsp3) is 0.941. The summed E-state index contributed by atoms with van der Waals surface area (Å²) in [5, 5.41) is 7.06. The normalized spacial score (nSPS) is 25.6. The van der Waals surface area contributed by atoms with Crippen molar-refractivity contribution in [2.75, 3.05) is 54.0 Å². The number of hydrogen-bond acceptors (Lipinski definition) is 3. The van der Waals surface area contributed by atoms with Crippen LogP contribution in [0.1, 0.15) is 38.5 Å². The molecule has 1 atom stereocenters. The number of likely N-dealkylation sites (tertiary alicyclic amines) is 1. The zero-order valence-electron chi connectivity index (χ0n) is 14.7. The van der Waals surface area contributed by atoms with E-state index in [1.165, 1.54) is 45.2 Å². The van der Waals surface area contributed by atoms with Gasteiger partial charge in [-0.1, -0.05) is 6.42 Å². The van der Waals surface area contributed by atoms with Gasteiger partial charge in [0.05, 0.1) is 0 Å². The molecule has 1 heterocycles. The van der Waals surface area contributed by atoms with E-state index in [1.807, 2.05) is 7.05 Å². The van der Waals surface area contributed by atoms with Crippen molar-refractivity contribution in [3.05, 3.63) is 0 Å². The molecule has 1 unspecified atom stereocenters. The number of piperidine rings is 1. The van der Waals surface area contributed by atoms with Crippen LogP contribution in [0.5, 0.6) is 0 Å². The average molecular weight is 310 g/mol. The number of aliphatic imine (C=N–C) groups is 1. The van der Waals surface area contributed by atoms with Crippen molar-refractivity contribution < 1.29 is 4.74 Å². The van der Waals surface area contributed by atoms with Crippen molar-refractivity contribution in [2.45, 2.75) is 38.5 Å². The van der Waals surface area contributed by atoms with E-state index in [0.717, 1.165) is 38.0 Å². The summed E-state index contributed by atoms with van der Waals surface area (Å²) >= 11 is 0. The van der Waals surface area contributed by atoms with E-state index in [9.17, 15) is 0 Å². The van der Waals surface area contributed by atoms with Gasteiger partial charge < -0.3 is 20.3 Å². The standard InChI is InChI=1S/C17H34N4O/c1-18-16(19-12-15-6-4-10-21(2)13-15)20-14-17(7-5-8-17)9-11-22-3/h15H,4-14H2,1-3H3,(H2,18,19,20). The van der Waals surface area contributed by atoms with E-state index < -0.39 is 0 Å². The van der Waals surface area contributed by atoms with Crippen LogP contribution in [-0.4, -0.2) is 64.9 Å². The summed E-state index contributed by atoms with van der Waals surface area (Å²) < 4.78 is 5.26. The zero-order chi connectivity index (χ0) is 15.8. The van der Waals surface area contributed by atoms with Crippen LogP contribution >= 0.6 is 0 Å². The zero-order valence-corrected chi connectivity index (χ0v) is 14.7. The first-order valence-corrected chi connectivity index (χ1v) is 8.79. The van der Waals surface area contributed by atoms with Gasteiger partial charge in [0.25, 0.3) is 0 Å². The van der Waals surface area contributed by atoms with Crippen LogP contribution in [0.3, 0.4) is 0 Å². The third-order valence-corrected chi connectivity index (χ3v) is 5.39. The largest absolute Gasteiger partial charge is 0.385 e. The second-order valence-electron chi connectivity index (χ2n) is 7.17. The van der Waals surface area contributed by atoms with Crippen LogP contribution in [0.4, 0.5) is 0 Å². The topological polar surface area (TPSA) is 48.9 Å². The molecule has 22 heavy (non-hydrogen) atoms. The molecule has 2 fully saturated rings. The first-order chi connectivity index (χ1) is 10.7. The molecule has 2 rings (SSSR count). The molecule has 0 radical (unpaired) electrons. The maximum atomic E-state index is 5.26. The predicted molar refractivity (Wildman–Crippen MR) is 92.4 cm³/mol. The molecular weight excluding hydrogens is 276 g/mol. The number of ether oxygens (including phenoxy) is 1. The Morgan fingerprint density at radius 3 is 2.73 bits per heavy atom. The molecule has 5 nitrogen and oxygen atoms in total. The fourth-order valence-corrected chi connectivity index (χ4v) is 3.68. The summed E-state index contributed by atoms with van der Waals surface area (Å²) in [6.07, 6.45) is 7.77. The molecule has 5 heteroatoms. The first kappa shape index (κ1) is 17.5. The Balaban J connectivity index is 1.70. The Morgan fingerprint density at radius 2 is 2.14 bits per heavy atom. The Kier molecular flexibility index (Phi) is 6.96. The fourth-order valence-electron chi connectivity index (χ4n) is 3.68. The van der Waals surface area contributed by atoms with Gasteiger partial charge in [-0.15, -0.1) is 0 Å². The van der Waals surface area contributed by atoms with E-state index >= 15 is 0 Å². The highest BCUT2D eigenvalue weighted by molar-refractivity contribution is 5.79. The summed E-state index contributed by atoms with van der Waals surface area (Å²) in [6, 6.07) is 0. The van der Waals surface area contributed by atoms with Crippen molar-refractivity contribution in [3.63, 3.8) is 0 Å². The SMILES string of the molecule is CN=C(NCC1CCCN(C)C1)NCC1(CCOC)CCC1. The Bertz CT molecular complexity index is 355. The van der Waals surface area contributed by atoms with Gasteiger partial charge in [-0.25, -0.2) is 0 Å². The van der Waals surface area contributed by atoms with Gasteiger partial charge in [0.15, 0.2) is 5.96 Å². The molecule has 0 bridgehead atoms. The second-order valence-corrected chi connectivity index (χ2v) is 7.17. The molecule has 0 aromatic carbocycles. The van der Waals surface area contributed by atoms with Gasteiger partial charge in [0.1, 0.15) is 0 Å². The molecule has 2 aliphatic rings. The first-order valence-electron chi connectivity index (χ1n) is 8.79. The predicted octanol–water partition coefficient (Wildman–Crippen LogP) is 1.70. The van der Waals surface area contributed by atoms with Gasteiger partial charge in [0.2, 0.25) is 0 Å². The molecule has 0 amide bonds. The van der Waals surface area contributed by atoms with Gasteiger partial charge >= 0.3 is 0 Å². The second kappa shape index (κ2) is 8.73. The molecule has 0 aromatic heterocycles. The van der Waals surface area contributed by atoms with Crippen LogP contribution in [0, 0.1) is 11.3 Å². The minimum absolute atomic E-state index is 0.429. The smallest absolute Gasteiger partial charge is 0.191 e. The Morgan fingerprint density at radius 1 is 1.32 bits per heavy atom. The molecule has 1 aliphatic carbocycles. The van der Waals surface area contributed by atoms with E-state index in [0.29, 0.717) is 5.41 Å². The lowest BCUT2D eigenvalue weighted by Crippen LogP contribution is -2.48. The molecule has 0 spiro atoms. The maximum Gasteiger partial charge on any atom is 0.191 e. The highest BCUT2D eigenvalue weighted by Gasteiger charge is 2.36. The van der Waals surface area contributed by atoms with Gasteiger partial charge in [-0.05, 0) is 57.0 Å². The number of guanidine groups is 1. The molecule has 0 aromatic rings. The molecule has 1 aliphatic heterocycles. The van der Waals surface area contributed by atoms with Crippen molar-refractivity contribution in [1.29, 1.82) is 0 Å². The van der Waals surface area contributed by atoms with Gasteiger partial charge in [-0.3, -0.25) is 4.99 Å². The van der Waals surface area contributed by atoms with Crippen molar-refractivity contribution in [1.82, 2.24) is 15.5 Å². The lowest BCUT2D eigenvalue weighted by molar-refractivity contribution is 0.0732. The lowest BCUT2D eigenvalue weighted by Gasteiger charge is -2.42. The molecule has 128 valence electrons. The van der Waals surface area contributed by atoms with E-state index in [2.05, 4.69) is 27.6 Å². The highest BCUT2D eigenvalue weighted by Crippen LogP contribution is 2.43. The number of rotatable bonds is 7. The summed E-state index contributed by atoms with van der Waals surface area (Å²) in [5.74, 6) is 1.69. The lowest BCUT2D eigenvalue weighted by atomic mass is 9.67. The highest BCUT2D eigenvalue weighted by atomic mass is 16.5. The third-order valence-electron chi connectivity index (χ3n) is 5.39. The number of nitrogens with one attached hydrogen (secondary N) is 2. The summed E-state index contributed by atoms with van der Waals surface area (Å²) in [4.78, 5) is 6.81.